The number of carbonyl (C=O) groups is 2. The third-order valence-electron chi connectivity index (χ3n) is 5.78. The van der Waals surface area contributed by atoms with Gasteiger partial charge in [0.25, 0.3) is 0 Å². The summed E-state index contributed by atoms with van der Waals surface area (Å²) >= 11 is 5.92. The summed E-state index contributed by atoms with van der Waals surface area (Å²) in [5, 5.41) is 4.66. The summed E-state index contributed by atoms with van der Waals surface area (Å²) in [7, 11) is 0. The van der Waals surface area contributed by atoms with Crippen molar-refractivity contribution >= 4 is 29.3 Å². The zero-order valence-corrected chi connectivity index (χ0v) is 20.4. The van der Waals surface area contributed by atoms with Crippen molar-refractivity contribution in [3.05, 3.63) is 59.1 Å². The van der Waals surface area contributed by atoms with Crippen LogP contribution in [0.4, 0.5) is 5.82 Å². The molecule has 1 saturated heterocycles. The number of hydrogen-bond acceptors (Lipinski definition) is 8. The standard InChI is InChI=1S/C25H28ClN5O4/c1-2-34-25(33)19-9-12-21(27-17-19)30-13-4-14-31(16-15-30)23(32)6-3-5-22-28-24(29-35-22)18-7-10-20(26)11-8-18/h7-12,17H,2-6,13-16H2,1H3. The molecule has 0 radical (unpaired) electrons. The molecule has 0 unspecified atom stereocenters. The summed E-state index contributed by atoms with van der Waals surface area (Å²) in [6, 6.07) is 10.8. The van der Waals surface area contributed by atoms with Crippen molar-refractivity contribution < 1.29 is 18.8 Å². The Morgan fingerprint density at radius 2 is 1.91 bits per heavy atom. The number of halogens is 1. The first-order chi connectivity index (χ1) is 17.0. The van der Waals surface area contributed by atoms with Crippen LogP contribution in [-0.2, 0) is 16.0 Å². The average molecular weight is 498 g/mol. The van der Waals surface area contributed by atoms with Crippen LogP contribution in [0.3, 0.4) is 0 Å². The minimum Gasteiger partial charge on any atom is -0.462 e. The zero-order chi connectivity index (χ0) is 24.6. The van der Waals surface area contributed by atoms with Crippen LogP contribution in [-0.4, -0.2) is 64.7 Å². The molecule has 0 aliphatic carbocycles. The smallest absolute Gasteiger partial charge is 0.339 e. The Bertz CT molecular complexity index is 1130. The van der Waals surface area contributed by atoms with Crippen LogP contribution in [0.15, 0.2) is 47.1 Å². The number of aromatic nitrogens is 3. The Hall–Kier alpha value is -3.46. The predicted octanol–water partition coefficient (Wildman–Crippen LogP) is 4.02. The molecule has 10 heteroatoms. The molecular weight excluding hydrogens is 470 g/mol. The second kappa shape index (κ2) is 11.8. The molecule has 184 valence electrons. The summed E-state index contributed by atoms with van der Waals surface area (Å²) < 4.78 is 10.3. The van der Waals surface area contributed by atoms with Crippen LogP contribution < -0.4 is 4.90 Å². The van der Waals surface area contributed by atoms with E-state index in [0.29, 0.717) is 67.8 Å². The largest absolute Gasteiger partial charge is 0.462 e. The first kappa shape index (κ1) is 24.7. The van der Waals surface area contributed by atoms with Gasteiger partial charge in [0.1, 0.15) is 5.82 Å². The van der Waals surface area contributed by atoms with E-state index in [1.165, 1.54) is 6.20 Å². The average Bonchev–Trinajstić information content (AvgIpc) is 3.20. The Morgan fingerprint density at radius 1 is 1.09 bits per heavy atom. The van der Waals surface area contributed by atoms with Gasteiger partial charge in [-0.3, -0.25) is 4.79 Å². The molecule has 0 atom stereocenters. The lowest BCUT2D eigenvalue weighted by molar-refractivity contribution is -0.131. The molecule has 3 aromatic rings. The number of amides is 1. The van der Waals surface area contributed by atoms with Crippen LogP contribution >= 0.6 is 11.6 Å². The fraction of sp³-hybridized carbons (Fsp3) is 0.400. The number of pyridine rings is 1. The third-order valence-corrected chi connectivity index (χ3v) is 6.04. The van der Waals surface area contributed by atoms with E-state index in [0.717, 1.165) is 24.3 Å². The Labute approximate surface area is 209 Å². The Balaban J connectivity index is 1.24. The number of aryl methyl sites for hydroxylation is 1. The van der Waals surface area contributed by atoms with E-state index in [4.69, 9.17) is 20.9 Å². The van der Waals surface area contributed by atoms with Crippen molar-refractivity contribution in [2.45, 2.75) is 32.6 Å². The molecule has 0 spiro atoms. The van der Waals surface area contributed by atoms with Gasteiger partial charge >= 0.3 is 5.97 Å². The minimum atomic E-state index is -0.374. The van der Waals surface area contributed by atoms with Gasteiger partial charge in [0.2, 0.25) is 17.6 Å². The van der Waals surface area contributed by atoms with Gasteiger partial charge in [0.05, 0.1) is 12.2 Å². The highest BCUT2D eigenvalue weighted by molar-refractivity contribution is 6.30. The number of carbonyl (C=O) groups excluding carboxylic acids is 2. The van der Waals surface area contributed by atoms with Crippen LogP contribution in [0, 0.1) is 0 Å². The molecule has 2 aromatic heterocycles. The van der Waals surface area contributed by atoms with Gasteiger partial charge in [0.15, 0.2) is 0 Å². The number of nitrogens with zero attached hydrogens (tertiary/aromatic N) is 5. The van der Waals surface area contributed by atoms with E-state index in [1.807, 2.05) is 23.1 Å². The van der Waals surface area contributed by atoms with Gasteiger partial charge in [-0.1, -0.05) is 16.8 Å². The van der Waals surface area contributed by atoms with Crippen LogP contribution in [0.5, 0.6) is 0 Å². The molecule has 1 amide bonds. The van der Waals surface area contributed by atoms with Crippen molar-refractivity contribution in [2.24, 2.45) is 0 Å². The van der Waals surface area contributed by atoms with Gasteiger partial charge in [-0.2, -0.15) is 4.98 Å². The maximum Gasteiger partial charge on any atom is 0.339 e. The van der Waals surface area contributed by atoms with Gasteiger partial charge in [-0.05, 0) is 56.2 Å². The number of benzene rings is 1. The SMILES string of the molecule is CCOC(=O)c1ccc(N2CCCN(C(=O)CCCc3nc(-c4ccc(Cl)cc4)no3)CC2)nc1. The molecule has 0 bridgehead atoms. The van der Waals surface area contributed by atoms with E-state index < -0.39 is 0 Å². The topological polar surface area (TPSA) is 102 Å². The normalized spacial score (nSPS) is 14.0. The molecular formula is C25H28ClN5O4. The molecule has 1 aliphatic rings. The van der Waals surface area contributed by atoms with Crippen molar-refractivity contribution in [2.75, 3.05) is 37.7 Å². The molecule has 1 aromatic carbocycles. The first-order valence-corrected chi connectivity index (χ1v) is 12.2. The van der Waals surface area contributed by atoms with E-state index in [-0.39, 0.29) is 11.9 Å². The van der Waals surface area contributed by atoms with Crippen molar-refractivity contribution in [1.29, 1.82) is 0 Å². The molecule has 1 aliphatic heterocycles. The highest BCUT2D eigenvalue weighted by atomic mass is 35.5. The number of anilines is 1. The maximum atomic E-state index is 12.8. The number of esters is 1. The quantitative estimate of drug-likeness (QED) is 0.430. The summed E-state index contributed by atoms with van der Waals surface area (Å²) in [6.45, 7) is 4.92. The number of ether oxygens (including phenoxy) is 1. The fourth-order valence-corrected chi connectivity index (χ4v) is 4.05. The second-order valence-electron chi connectivity index (χ2n) is 8.22. The highest BCUT2D eigenvalue weighted by Gasteiger charge is 2.20. The monoisotopic (exact) mass is 497 g/mol. The van der Waals surface area contributed by atoms with Gasteiger partial charge < -0.3 is 19.1 Å². The minimum absolute atomic E-state index is 0.120. The van der Waals surface area contributed by atoms with Crippen LogP contribution in [0.2, 0.25) is 5.02 Å². The summed E-state index contributed by atoms with van der Waals surface area (Å²) in [4.78, 5) is 37.5. The fourth-order valence-electron chi connectivity index (χ4n) is 3.93. The van der Waals surface area contributed by atoms with E-state index >= 15 is 0 Å². The number of rotatable bonds is 8. The molecule has 9 nitrogen and oxygen atoms in total. The Morgan fingerprint density at radius 3 is 2.66 bits per heavy atom. The molecule has 0 saturated carbocycles. The molecule has 0 N–H and O–H groups in total. The molecule has 4 rings (SSSR count). The maximum absolute atomic E-state index is 12.8. The third kappa shape index (κ3) is 6.57. The summed E-state index contributed by atoms with van der Waals surface area (Å²) in [5.74, 6) is 1.57. The lowest BCUT2D eigenvalue weighted by Crippen LogP contribution is -2.35. The van der Waals surface area contributed by atoms with Crippen molar-refractivity contribution in [3.8, 4) is 11.4 Å². The lowest BCUT2D eigenvalue weighted by Gasteiger charge is -2.23. The lowest BCUT2D eigenvalue weighted by atomic mass is 10.2. The van der Waals surface area contributed by atoms with E-state index in [2.05, 4.69) is 20.0 Å². The first-order valence-electron chi connectivity index (χ1n) is 11.8. The van der Waals surface area contributed by atoms with E-state index in [1.54, 1.807) is 25.1 Å². The predicted molar refractivity (Wildman–Crippen MR) is 131 cm³/mol. The van der Waals surface area contributed by atoms with Crippen molar-refractivity contribution in [3.63, 3.8) is 0 Å². The Kier molecular flexibility index (Phi) is 8.31. The van der Waals surface area contributed by atoms with Crippen LogP contribution in [0.25, 0.3) is 11.4 Å². The second-order valence-corrected chi connectivity index (χ2v) is 8.66. The highest BCUT2D eigenvalue weighted by Crippen LogP contribution is 2.20. The van der Waals surface area contributed by atoms with Crippen molar-refractivity contribution in [1.82, 2.24) is 20.0 Å². The van der Waals surface area contributed by atoms with Crippen LogP contribution in [0.1, 0.15) is 42.4 Å². The summed E-state index contributed by atoms with van der Waals surface area (Å²) in [6.07, 6.45) is 3.99. The van der Waals surface area contributed by atoms with Gasteiger partial charge in [-0.25, -0.2) is 9.78 Å². The molecule has 1 fully saturated rings. The van der Waals surface area contributed by atoms with E-state index in [9.17, 15) is 9.59 Å². The number of hydrogen-bond donors (Lipinski definition) is 0. The van der Waals surface area contributed by atoms with Gasteiger partial charge in [0, 0.05) is 55.8 Å². The zero-order valence-electron chi connectivity index (χ0n) is 19.7. The van der Waals surface area contributed by atoms with Gasteiger partial charge in [-0.15, -0.1) is 0 Å². The summed E-state index contributed by atoms with van der Waals surface area (Å²) in [5.41, 5.74) is 1.27. The molecule has 3 heterocycles. The molecule has 35 heavy (non-hydrogen) atoms.